The lowest BCUT2D eigenvalue weighted by Gasteiger charge is -1.97. The van der Waals surface area contributed by atoms with Crippen molar-refractivity contribution in [3.05, 3.63) is 7.05 Å². The molecular weight excluding hydrogens is 138 g/mol. The normalized spacial score (nSPS) is 8.75. The Morgan fingerprint density at radius 1 is 1.88 bits per heavy atom. The molecule has 0 amide bonds. The van der Waals surface area contributed by atoms with Crippen LogP contribution < -0.4 is 5.32 Å². The van der Waals surface area contributed by atoms with E-state index in [2.05, 4.69) is 19.3 Å². The predicted molar refractivity (Wildman–Crippen MR) is 43.8 cm³/mol. The third-order valence-corrected chi connectivity index (χ3v) is 2.10. The van der Waals surface area contributed by atoms with E-state index in [1.54, 1.807) is 11.8 Å². The van der Waals surface area contributed by atoms with Gasteiger partial charge in [-0.05, 0) is 12.2 Å². The van der Waals surface area contributed by atoms with Gasteiger partial charge in [0.25, 0.3) is 0 Å². The van der Waals surface area contributed by atoms with Gasteiger partial charge in [0.15, 0.2) is 0 Å². The Morgan fingerprint density at radius 2 is 2.50 bits per heavy atom. The van der Waals surface area contributed by atoms with Crippen molar-refractivity contribution in [3.8, 4) is 0 Å². The summed E-state index contributed by atoms with van der Waals surface area (Å²) in [5.74, 6) is 1.08. The molecule has 0 aromatic heterocycles. The lowest BCUT2D eigenvalue weighted by molar-refractivity contribution is 1.11. The van der Waals surface area contributed by atoms with Crippen molar-refractivity contribution in [1.82, 2.24) is 5.32 Å². The summed E-state index contributed by atoms with van der Waals surface area (Å²) in [4.78, 5) is 0. The van der Waals surface area contributed by atoms with Crippen LogP contribution in [0.15, 0.2) is 0 Å². The summed E-state index contributed by atoms with van der Waals surface area (Å²) in [6.45, 7) is 2.12. The molecule has 0 aliphatic rings. The molecule has 0 aromatic rings. The van der Waals surface area contributed by atoms with Crippen LogP contribution in [-0.2, 0) is 0 Å². The molecule has 1 radical (unpaired) electrons. The summed E-state index contributed by atoms with van der Waals surface area (Å²) >= 11 is 6.44. The topological polar surface area (TPSA) is 12.0 Å². The highest BCUT2D eigenvalue weighted by atomic mass is 32.2. The minimum atomic E-state index is 0.784. The van der Waals surface area contributed by atoms with Crippen LogP contribution in [0, 0.1) is 7.05 Å². The minimum absolute atomic E-state index is 0.784. The molecule has 0 atom stereocenters. The average molecular weight is 148 g/mol. The van der Waals surface area contributed by atoms with Crippen LogP contribution in [0.2, 0.25) is 0 Å². The van der Waals surface area contributed by atoms with Gasteiger partial charge in [0, 0.05) is 7.05 Å². The zero-order valence-corrected chi connectivity index (χ0v) is 6.57. The maximum Gasteiger partial charge on any atom is 0.133 e. The zero-order valence-electron chi connectivity index (χ0n) is 4.94. The molecule has 0 heterocycles. The van der Waals surface area contributed by atoms with Crippen LogP contribution in [0.1, 0.15) is 13.3 Å². The smallest absolute Gasteiger partial charge is 0.133 e. The van der Waals surface area contributed by atoms with Crippen LogP contribution in [0.5, 0.6) is 0 Å². The van der Waals surface area contributed by atoms with Gasteiger partial charge >= 0.3 is 0 Å². The summed E-state index contributed by atoms with van der Waals surface area (Å²) in [5, 5.41) is 2.64. The minimum Gasteiger partial charge on any atom is -0.369 e. The molecule has 3 heteroatoms. The standard InChI is InChI=1S/C5H10NS2/c1-3-4-8-5(7)6-2/h2-4H2,1H3,(H,6,7). The van der Waals surface area contributed by atoms with E-state index in [4.69, 9.17) is 12.2 Å². The SMILES string of the molecule is [CH2]NC(=S)SCCC. The van der Waals surface area contributed by atoms with Gasteiger partial charge in [-0.15, -0.1) is 0 Å². The molecule has 0 rings (SSSR count). The second-order valence-corrected chi connectivity index (χ2v) is 3.08. The number of hydrogen-bond donors (Lipinski definition) is 1. The van der Waals surface area contributed by atoms with Crippen molar-refractivity contribution >= 4 is 28.3 Å². The number of thioether (sulfide) groups is 1. The number of thiocarbonyl (C=S) groups is 1. The van der Waals surface area contributed by atoms with Gasteiger partial charge < -0.3 is 5.32 Å². The van der Waals surface area contributed by atoms with Gasteiger partial charge in [0.1, 0.15) is 4.32 Å². The van der Waals surface area contributed by atoms with Crippen molar-refractivity contribution in [1.29, 1.82) is 0 Å². The molecule has 0 aliphatic carbocycles. The Hall–Kier alpha value is 0.240. The lowest BCUT2D eigenvalue weighted by Crippen LogP contribution is -2.08. The van der Waals surface area contributed by atoms with Crippen LogP contribution in [0.4, 0.5) is 0 Å². The maximum atomic E-state index is 4.81. The average Bonchev–Trinajstić information content (AvgIpc) is 1.83. The van der Waals surface area contributed by atoms with Gasteiger partial charge in [-0.3, -0.25) is 0 Å². The third kappa shape index (κ3) is 4.40. The summed E-state index contributed by atoms with van der Waals surface area (Å²) in [6.07, 6.45) is 1.16. The molecule has 0 aliphatic heterocycles. The highest BCUT2D eigenvalue weighted by Gasteiger charge is 1.88. The van der Waals surface area contributed by atoms with E-state index >= 15 is 0 Å². The molecule has 0 fully saturated rings. The van der Waals surface area contributed by atoms with Gasteiger partial charge in [-0.1, -0.05) is 30.9 Å². The molecule has 1 nitrogen and oxygen atoms in total. The molecule has 0 spiro atoms. The molecule has 0 unspecified atom stereocenters. The van der Waals surface area contributed by atoms with E-state index in [1.807, 2.05) is 0 Å². The van der Waals surface area contributed by atoms with Crippen molar-refractivity contribution < 1.29 is 0 Å². The second kappa shape index (κ2) is 5.38. The fourth-order valence-electron chi connectivity index (χ4n) is 0.246. The van der Waals surface area contributed by atoms with Crippen LogP contribution in [-0.4, -0.2) is 10.1 Å². The van der Waals surface area contributed by atoms with E-state index in [0.717, 1.165) is 16.5 Å². The monoisotopic (exact) mass is 148 g/mol. The zero-order chi connectivity index (χ0) is 6.41. The van der Waals surface area contributed by atoms with Gasteiger partial charge in [0.05, 0.1) is 0 Å². The first-order valence-electron chi connectivity index (χ1n) is 2.51. The van der Waals surface area contributed by atoms with Gasteiger partial charge in [-0.2, -0.15) is 0 Å². The first-order chi connectivity index (χ1) is 3.81. The van der Waals surface area contributed by atoms with Crippen LogP contribution in [0.25, 0.3) is 0 Å². The third-order valence-electron chi connectivity index (χ3n) is 0.582. The van der Waals surface area contributed by atoms with Crippen molar-refractivity contribution in [3.63, 3.8) is 0 Å². The molecule has 1 N–H and O–H groups in total. The molecule has 0 saturated carbocycles. The quantitative estimate of drug-likeness (QED) is 0.600. The summed E-state index contributed by atoms with van der Waals surface area (Å²) in [7, 11) is 3.43. The van der Waals surface area contributed by atoms with Crippen LogP contribution >= 0.6 is 24.0 Å². The molecule has 0 saturated heterocycles. The van der Waals surface area contributed by atoms with E-state index in [-0.39, 0.29) is 0 Å². The highest BCUT2D eigenvalue weighted by molar-refractivity contribution is 8.22. The fourth-order valence-corrected chi connectivity index (χ4v) is 0.987. The molecule has 8 heavy (non-hydrogen) atoms. The Bertz CT molecular complexity index is 72.8. The Morgan fingerprint density at radius 3 is 2.88 bits per heavy atom. The van der Waals surface area contributed by atoms with Crippen molar-refractivity contribution in [2.45, 2.75) is 13.3 Å². The van der Waals surface area contributed by atoms with E-state index < -0.39 is 0 Å². The second-order valence-electron chi connectivity index (χ2n) is 1.31. The number of hydrogen-bond acceptors (Lipinski definition) is 2. The van der Waals surface area contributed by atoms with E-state index in [9.17, 15) is 0 Å². The Balaban J connectivity index is 2.99. The first kappa shape index (κ1) is 8.24. The maximum absolute atomic E-state index is 4.81. The molecule has 0 aromatic carbocycles. The molecule has 0 bridgehead atoms. The summed E-state index contributed by atoms with van der Waals surface area (Å²) < 4.78 is 0.784. The molecule has 47 valence electrons. The van der Waals surface area contributed by atoms with E-state index in [1.165, 1.54) is 0 Å². The lowest BCUT2D eigenvalue weighted by atomic mass is 10.6. The number of rotatable bonds is 2. The van der Waals surface area contributed by atoms with Crippen molar-refractivity contribution in [2.75, 3.05) is 5.75 Å². The van der Waals surface area contributed by atoms with Gasteiger partial charge in [0.2, 0.25) is 0 Å². The molecular formula is C5H10NS2. The van der Waals surface area contributed by atoms with Crippen molar-refractivity contribution in [2.24, 2.45) is 0 Å². The van der Waals surface area contributed by atoms with Gasteiger partial charge in [-0.25, -0.2) is 0 Å². The van der Waals surface area contributed by atoms with E-state index in [0.29, 0.717) is 0 Å². The predicted octanol–water partition coefficient (Wildman–Crippen LogP) is 1.80. The Labute approximate surface area is 60.2 Å². The summed E-state index contributed by atoms with van der Waals surface area (Å²) in [6, 6.07) is 0. The Kier molecular flexibility index (Phi) is 5.54. The van der Waals surface area contributed by atoms with Crippen LogP contribution in [0.3, 0.4) is 0 Å². The first-order valence-corrected chi connectivity index (χ1v) is 3.90. The fraction of sp³-hybridized carbons (Fsp3) is 0.600. The highest BCUT2D eigenvalue weighted by Crippen LogP contribution is 2.02. The summed E-state index contributed by atoms with van der Waals surface area (Å²) in [5.41, 5.74) is 0. The largest absolute Gasteiger partial charge is 0.369 e. The number of nitrogens with one attached hydrogen (secondary N) is 1.